The molecule has 3 heterocycles. The van der Waals surface area contributed by atoms with Crippen LogP contribution in [0.4, 0.5) is 0 Å². The van der Waals surface area contributed by atoms with Crippen LogP contribution in [0, 0.1) is 6.92 Å². The van der Waals surface area contributed by atoms with Gasteiger partial charge in [-0.3, -0.25) is 4.57 Å². The van der Waals surface area contributed by atoms with Crippen LogP contribution in [-0.4, -0.2) is 40.2 Å². The third-order valence-electron chi connectivity index (χ3n) is 4.56. The average Bonchev–Trinajstić information content (AvgIpc) is 3.12. The summed E-state index contributed by atoms with van der Waals surface area (Å²) in [7, 11) is -1.85. The zero-order valence-electron chi connectivity index (χ0n) is 15.0. The molecule has 25 heavy (non-hydrogen) atoms. The van der Waals surface area contributed by atoms with E-state index in [-0.39, 0.29) is 17.6 Å². The van der Waals surface area contributed by atoms with Gasteiger partial charge in [0.2, 0.25) is 0 Å². The Hall–Kier alpha value is -1.45. The fourth-order valence-electron chi connectivity index (χ4n) is 3.31. The number of hydrogen-bond acceptors (Lipinski definition) is 5. The van der Waals surface area contributed by atoms with Crippen LogP contribution in [0.1, 0.15) is 49.4 Å². The van der Waals surface area contributed by atoms with Crippen LogP contribution in [0.2, 0.25) is 0 Å². The van der Waals surface area contributed by atoms with Crippen molar-refractivity contribution in [3.8, 4) is 0 Å². The molecule has 1 aliphatic heterocycles. The highest BCUT2D eigenvalue weighted by molar-refractivity contribution is 7.91. The summed E-state index contributed by atoms with van der Waals surface area (Å²) in [6, 6.07) is 3.49. The number of aromatic nitrogens is 3. The lowest BCUT2D eigenvalue weighted by atomic mass is 9.98. The molecule has 2 aromatic rings. The highest BCUT2D eigenvalue weighted by Crippen LogP contribution is 2.32. The molecule has 2 aromatic heterocycles. The van der Waals surface area contributed by atoms with Crippen molar-refractivity contribution in [2.45, 2.75) is 49.8 Å². The van der Waals surface area contributed by atoms with Crippen LogP contribution in [0.25, 0.3) is 0 Å². The van der Waals surface area contributed by atoms with E-state index in [1.807, 2.05) is 26.8 Å². The van der Waals surface area contributed by atoms with Crippen molar-refractivity contribution in [3.05, 3.63) is 33.3 Å². The van der Waals surface area contributed by atoms with Crippen LogP contribution in [0.5, 0.6) is 0 Å². The highest BCUT2D eigenvalue weighted by Gasteiger charge is 2.34. The third-order valence-corrected chi connectivity index (χ3v) is 7.89. The van der Waals surface area contributed by atoms with Gasteiger partial charge in [-0.05, 0) is 45.7 Å². The van der Waals surface area contributed by atoms with E-state index in [2.05, 4.69) is 5.10 Å². The molecule has 1 saturated heterocycles. The summed E-state index contributed by atoms with van der Waals surface area (Å²) in [6.45, 7) is 6.66. The third kappa shape index (κ3) is 3.32. The molecule has 138 valence electrons. The molecule has 1 unspecified atom stereocenters. The monoisotopic (exact) mass is 384 g/mol. The molecule has 7 nitrogen and oxygen atoms in total. The molecular formula is C16H24N4O3S2. The molecule has 1 atom stereocenters. The van der Waals surface area contributed by atoms with Gasteiger partial charge in [0.15, 0.2) is 0 Å². The zero-order chi connectivity index (χ0) is 18.4. The smallest absolute Gasteiger partial charge is 0.276 e. The van der Waals surface area contributed by atoms with E-state index < -0.39 is 10.0 Å². The Balaban J connectivity index is 1.92. The van der Waals surface area contributed by atoms with Gasteiger partial charge >= 0.3 is 5.69 Å². The Kier molecular flexibility index (Phi) is 4.91. The van der Waals surface area contributed by atoms with Crippen molar-refractivity contribution in [1.82, 2.24) is 18.7 Å². The zero-order valence-corrected chi connectivity index (χ0v) is 16.6. The molecular weight excluding hydrogens is 360 g/mol. The number of nitrogens with zero attached hydrogens (tertiary/aromatic N) is 4. The van der Waals surface area contributed by atoms with E-state index in [0.29, 0.717) is 23.1 Å². The van der Waals surface area contributed by atoms with E-state index in [9.17, 15) is 13.2 Å². The first-order valence-electron chi connectivity index (χ1n) is 8.44. The minimum absolute atomic E-state index is 0.0110. The van der Waals surface area contributed by atoms with Crippen LogP contribution >= 0.6 is 11.3 Å². The lowest BCUT2D eigenvalue weighted by Gasteiger charge is -2.31. The summed E-state index contributed by atoms with van der Waals surface area (Å²) in [5.74, 6) is 0.616. The molecule has 0 saturated carbocycles. The van der Waals surface area contributed by atoms with Crippen molar-refractivity contribution in [2.75, 3.05) is 13.1 Å². The summed E-state index contributed by atoms with van der Waals surface area (Å²) in [5, 5.41) is 4.40. The Morgan fingerprint density at radius 1 is 1.32 bits per heavy atom. The standard InChI is InChI=1S/C16H24N4O3S2/c1-11(2)20-15(17-18(4)16(20)21)13-6-5-9-19(10-13)25(22,23)14-8-7-12(3)24-14/h7-8,11,13H,5-6,9-10H2,1-4H3. The van der Waals surface area contributed by atoms with Crippen LogP contribution in [-0.2, 0) is 17.1 Å². The molecule has 1 aliphatic rings. The summed E-state index contributed by atoms with van der Waals surface area (Å²) in [4.78, 5) is 13.3. The molecule has 0 bridgehead atoms. The number of rotatable bonds is 4. The molecule has 0 amide bonds. The summed E-state index contributed by atoms with van der Waals surface area (Å²) in [6.07, 6.45) is 1.59. The Morgan fingerprint density at radius 2 is 2.04 bits per heavy atom. The lowest BCUT2D eigenvalue weighted by molar-refractivity contribution is 0.302. The normalized spacial score (nSPS) is 19.6. The predicted octanol–water partition coefficient (Wildman–Crippen LogP) is 2.10. The van der Waals surface area contributed by atoms with Crippen molar-refractivity contribution < 1.29 is 8.42 Å². The average molecular weight is 385 g/mol. The minimum Gasteiger partial charge on any atom is -0.276 e. The first-order valence-corrected chi connectivity index (χ1v) is 10.7. The van der Waals surface area contributed by atoms with Gasteiger partial charge in [-0.2, -0.15) is 9.40 Å². The van der Waals surface area contributed by atoms with Gasteiger partial charge in [-0.25, -0.2) is 17.9 Å². The van der Waals surface area contributed by atoms with Crippen LogP contribution < -0.4 is 5.69 Å². The van der Waals surface area contributed by atoms with Crippen molar-refractivity contribution in [1.29, 1.82) is 0 Å². The van der Waals surface area contributed by atoms with Crippen molar-refractivity contribution in [3.63, 3.8) is 0 Å². The SMILES string of the molecule is Cc1ccc(S(=O)(=O)N2CCCC(c3nn(C)c(=O)n3C(C)C)C2)s1. The van der Waals surface area contributed by atoms with E-state index >= 15 is 0 Å². The first-order chi connectivity index (χ1) is 11.7. The van der Waals surface area contributed by atoms with Gasteiger partial charge in [0.1, 0.15) is 10.0 Å². The second-order valence-electron chi connectivity index (χ2n) is 6.80. The van der Waals surface area contributed by atoms with Crippen molar-refractivity contribution >= 4 is 21.4 Å². The van der Waals surface area contributed by atoms with E-state index in [4.69, 9.17) is 0 Å². The molecule has 0 spiro atoms. The van der Waals surface area contributed by atoms with Crippen LogP contribution in [0.3, 0.4) is 0 Å². The lowest BCUT2D eigenvalue weighted by Crippen LogP contribution is -2.40. The van der Waals surface area contributed by atoms with Gasteiger partial charge in [0.05, 0.1) is 0 Å². The van der Waals surface area contributed by atoms with Gasteiger partial charge in [0, 0.05) is 37.0 Å². The van der Waals surface area contributed by atoms with Crippen LogP contribution in [0.15, 0.2) is 21.1 Å². The second kappa shape index (κ2) is 6.69. The van der Waals surface area contributed by atoms with Gasteiger partial charge in [-0.15, -0.1) is 11.3 Å². The molecule has 1 fully saturated rings. The van der Waals surface area contributed by atoms with E-state index in [0.717, 1.165) is 17.7 Å². The number of hydrogen-bond donors (Lipinski definition) is 0. The van der Waals surface area contributed by atoms with E-state index in [1.165, 1.54) is 20.3 Å². The minimum atomic E-state index is -3.49. The molecule has 3 rings (SSSR count). The first kappa shape index (κ1) is 18.3. The maximum Gasteiger partial charge on any atom is 0.345 e. The highest BCUT2D eigenvalue weighted by atomic mass is 32.2. The van der Waals surface area contributed by atoms with E-state index in [1.54, 1.807) is 17.7 Å². The Bertz CT molecular complexity index is 924. The van der Waals surface area contributed by atoms with Gasteiger partial charge in [-0.1, -0.05) is 0 Å². The molecule has 0 aliphatic carbocycles. The summed E-state index contributed by atoms with van der Waals surface area (Å²) in [5.41, 5.74) is -0.154. The molecule has 0 N–H and O–H groups in total. The molecule has 9 heteroatoms. The largest absolute Gasteiger partial charge is 0.345 e. The second-order valence-corrected chi connectivity index (χ2v) is 10.2. The molecule has 0 radical (unpaired) electrons. The Labute approximate surface area is 151 Å². The summed E-state index contributed by atoms with van der Waals surface area (Å²) < 4.78 is 30.8. The molecule has 0 aromatic carbocycles. The maximum atomic E-state index is 12.9. The number of piperidine rings is 1. The number of aryl methyl sites for hydroxylation is 2. The maximum absolute atomic E-state index is 12.9. The topological polar surface area (TPSA) is 77.2 Å². The fourth-order valence-corrected chi connectivity index (χ4v) is 6.27. The van der Waals surface area contributed by atoms with Crippen molar-refractivity contribution in [2.24, 2.45) is 7.05 Å². The Morgan fingerprint density at radius 3 is 2.64 bits per heavy atom. The number of thiophene rings is 1. The van der Waals surface area contributed by atoms with Gasteiger partial charge < -0.3 is 0 Å². The van der Waals surface area contributed by atoms with Gasteiger partial charge in [0.25, 0.3) is 10.0 Å². The summed E-state index contributed by atoms with van der Waals surface area (Å²) >= 11 is 1.30. The fraction of sp³-hybridized carbons (Fsp3) is 0.625. The number of sulfonamides is 1. The predicted molar refractivity (Wildman–Crippen MR) is 97.6 cm³/mol. The quantitative estimate of drug-likeness (QED) is 0.809.